The van der Waals surface area contributed by atoms with E-state index in [2.05, 4.69) is 4.74 Å². The maximum Gasteiger partial charge on any atom is 0.318 e. The van der Waals surface area contributed by atoms with Crippen LogP contribution in [0.25, 0.3) is 0 Å². The molecule has 2 aromatic carbocycles. The molecule has 0 aliphatic rings. The average Bonchev–Trinajstić information content (AvgIpc) is 2.51. The smallest absolute Gasteiger partial charge is 0.318 e. The van der Waals surface area contributed by atoms with Gasteiger partial charge in [-0.25, -0.2) is 0 Å². The predicted octanol–water partition coefficient (Wildman–Crippen LogP) is 3.73. The molecule has 2 rings (SSSR count). The van der Waals surface area contributed by atoms with Crippen LogP contribution in [0.1, 0.15) is 6.92 Å². The van der Waals surface area contributed by atoms with Crippen molar-refractivity contribution < 1.29 is 14.6 Å². The summed E-state index contributed by atoms with van der Waals surface area (Å²) in [4.78, 5) is 12.0. The van der Waals surface area contributed by atoms with Crippen LogP contribution in [0, 0.1) is 0 Å². The third-order valence-corrected chi connectivity index (χ3v) is 3.44. The van der Waals surface area contributed by atoms with Gasteiger partial charge in [0.2, 0.25) is 0 Å². The first-order valence-corrected chi connectivity index (χ1v) is 7.05. The molecule has 0 aliphatic carbocycles. The van der Waals surface area contributed by atoms with E-state index in [1.54, 1.807) is 31.2 Å². The van der Waals surface area contributed by atoms with E-state index in [9.17, 15) is 4.79 Å². The van der Waals surface area contributed by atoms with Gasteiger partial charge in [-0.3, -0.25) is 4.79 Å². The molecule has 0 aromatic heterocycles. The van der Waals surface area contributed by atoms with Gasteiger partial charge in [0.05, 0.1) is 7.11 Å². The Morgan fingerprint density at radius 1 is 1.05 bits per heavy atom. The van der Waals surface area contributed by atoms with E-state index >= 15 is 0 Å². The summed E-state index contributed by atoms with van der Waals surface area (Å²) in [5.41, 5.74) is 0. The number of phenols is 1. The van der Waals surface area contributed by atoms with Crippen LogP contribution in [0.5, 0.6) is 5.75 Å². The molecule has 0 heterocycles. The molecule has 106 valence electrons. The molecule has 1 N–H and O–H groups in total. The van der Waals surface area contributed by atoms with Crippen molar-refractivity contribution in [1.82, 2.24) is 0 Å². The van der Waals surface area contributed by atoms with Crippen LogP contribution >= 0.6 is 11.8 Å². The van der Waals surface area contributed by atoms with Crippen LogP contribution in [0.4, 0.5) is 0 Å². The summed E-state index contributed by atoms with van der Waals surface area (Å²) >= 11 is 1.40. The number of benzene rings is 2. The maximum absolute atomic E-state index is 11.1. The zero-order valence-corrected chi connectivity index (χ0v) is 12.3. The number of rotatable bonds is 3. The number of hydrogen-bond acceptors (Lipinski definition) is 4. The second kappa shape index (κ2) is 9.04. The molecule has 4 heteroatoms. The molecule has 2 aromatic rings. The summed E-state index contributed by atoms with van der Waals surface area (Å²) in [5, 5.41) is 8.81. The van der Waals surface area contributed by atoms with Gasteiger partial charge in [-0.2, -0.15) is 0 Å². The van der Waals surface area contributed by atoms with Crippen molar-refractivity contribution in [3.63, 3.8) is 0 Å². The molecule has 20 heavy (non-hydrogen) atoms. The minimum Gasteiger partial charge on any atom is -0.508 e. The third-order valence-electron chi connectivity index (χ3n) is 2.35. The molecule has 3 nitrogen and oxygen atoms in total. The van der Waals surface area contributed by atoms with E-state index in [0.717, 1.165) is 4.90 Å². The van der Waals surface area contributed by atoms with E-state index in [1.165, 1.54) is 18.9 Å². The lowest BCUT2D eigenvalue weighted by atomic mass is 10.3. The van der Waals surface area contributed by atoms with Crippen molar-refractivity contribution in [2.45, 2.75) is 17.1 Å². The quantitative estimate of drug-likeness (QED) is 0.691. The van der Waals surface area contributed by atoms with Crippen molar-refractivity contribution in [2.24, 2.45) is 0 Å². The van der Waals surface area contributed by atoms with Crippen molar-refractivity contribution in [2.75, 3.05) is 7.11 Å². The molecule has 0 aliphatic heterocycles. The topological polar surface area (TPSA) is 46.5 Å². The van der Waals surface area contributed by atoms with E-state index < -0.39 is 0 Å². The Balaban J connectivity index is 0.000000276. The van der Waals surface area contributed by atoms with Crippen LogP contribution in [0.15, 0.2) is 65.6 Å². The average molecular weight is 290 g/mol. The molecule has 0 radical (unpaired) electrons. The SMILES string of the molecule is COC(=O)C(C)Sc1ccc(O)cc1.c1ccccc1. The number of carbonyl (C=O) groups excluding carboxylic acids is 1. The highest BCUT2D eigenvalue weighted by Gasteiger charge is 2.13. The number of phenolic OH excluding ortho intramolecular Hbond substituents is 1. The number of thioether (sulfide) groups is 1. The summed E-state index contributed by atoms with van der Waals surface area (Å²) in [6.07, 6.45) is 0. The normalized spacial score (nSPS) is 10.9. The van der Waals surface area contributed by atoms with Gasteiger partial charge >= 0.3 is 5.97 Å². The molecule has 0 saturated carbocycles. The summed E-state index contributed by atoms with van der Waals surface area (Å²) < 4.78 is 4.60. The van der Waals surface area contributed by atoms with Gasteiger partial charge in [0.25, 0.3) is 0 Å². The van der Waals surface area contributed by atoms with Crippen LogP contribution < -0.4 is 0 Å². The fourth-order valence-corrected chi connectivity index (χ4v) is 2.22. The lowest BCUT2D eigenvalue weighted by Gasteiger charge is -2.08. The molecular weight excluding hydrogens is 272 g/mol. The van der Waals surface area contributed by atoms with E-state index in [0.29, 0.717) is 0 Å². The highest BCUT2D eigenvalue weighted by atomic mass is 32.2. The fraction of sp³-hybridized carbons (Fsp3) is 0.188. The van der Waals surface area contributed by atoms with Gasteiger partial charge in [-0.15, -0.1) is 11.8 Å². The fourth-order valence-electron chi connectivity index (χ4n) is 1.33. The van der Waals surface area contributed by atoms with Gasteiger partial charge in [0.15, 0.2) is 0 Å². The summed E-state index contributed by atoms with van der Waals surface area (Å²) in [7, 11) is 1.37. The molecule has 0 fully saturated rings. The summed E-state index contributed by atoms with van der Waals surface area (Å²) in [5.74, 6) is -0.0249. The van der Waals surface area contributed by atoms with Gasteiger partial charge in [-0.1, -0.05) is 36.4 Å². The summed E-state index contributed by atoms with van der Waals surface area (Å²) in [6, 6.07) is 18.7. The number of carbonyl (C=O) groups is 1. The van der Waals surface area contributed by atoms with Gasteiger partial charge in [-0.05, 0) is 31.2 Å². The van der Waals surface area contributed by atoms with Gasteiger partial charge in [0.1, 0.15) is 11.0 Å². The Hall–Kier alpha value is -1.94. The zero-order valence-electron chi connectivity index (χ0n) is 11.5. The third kappa shape index (κ3) is 6.29. The predicted molar refractivity (Wildman–Crippen MR) is 81.9 cm³/mol. The van der Waals surface area contributed by atoms with E-state index in [4.69, 9.17) is 5.11 Å². The van der Waals surface area contributed by atoms with Crippen LogP contribution in [-0.4, -0.2) is 23.4 Å². The second-order valence-corrected chi connectivity index (χ2v) is 5.35. The number of ether oxygens (including phenoxy) is 1. The number of methoxy groups -OCH3 is 1. The van der Waals surface area contributed by atoms with Crippen molar-refractivity contribution in [3.8, 4) is 5.75 Å². The largest absolute Gasteiger partial charge is 0.508 e. The Kier molecular flexibility index (Phi) is 7.29. The van der Waals surface area contributed by atoms with Gasteiger partial charge < -0.3 is 9.84 Å². The Labute approximate surface area is 123 Å². The first-order valence-electron chi connectivity index (χ1n) is 6.17. The molecule has 0 bridgehead atoms. The van der Waals surface area contributed by atoms with Crippen molar-refractivity contribution in [3.05, 3.63) is 60.7 Å². The minimum absolute atomic E-state index is 0.222. The number of hydrogen-bond donors (Lipinski definition) is 1. The number of esters is 1. The lowest BCUT2D eigenvalue weighted by Crippen LogP contribution is -2.14. The van der Waals surface area contributed by atoms with Crippen molar-refractivity contribution in [1.29, 1.82) is 0 Å². The van der Waals surface area contributed by atoms with E-state index in [-0.39, 0.29) is 17.0 Å². The van der Waals surface area contributed by atoms with Crippen LogP contribution in [0.2, 0.25) is 0 Å². The van der Waals surface area contributed by atoms with Crippen molar-refractivity contribution >= 4 is 17.7 Å². The monoisotopic (exact) mass is 290 g/mol. The number of aromatic hydroxyl groups is 1. The highest BCUT2D eigenvalue weighted by molar-refractivity contribution is 8.00. The van der Waals surface area contributed by atoms with Crippen LogP contribution in [-0.2, 0) is 9.53 Å². The molecular formula is C16H18O3S. The molecule has 1 atom stereocenters. The molecule has 0 amide bonds. The lowest BCUT2D eigenvalue weighted by molar-refractivity contribution is -0.139. The van der Waals surface area contributed by atoms with Gasteiger partial charge in [0, 0.05) is 4.90 Å². The molecule has 1 unspecified atom stereocenters. The Morgan fingerprint density at radius 3 is 1.90 bits per heavy atom. The molecule has 0 saturated heterocycles. The van der Waals surface area contributed by atoms with E-state index in [1.807, 2.05) is 36.4 Å². The minimum atomic E-state index is -0.247. The Morgan fingerprint density at radius 2 is 1.50 bits per heavy atom. The highest BCUT2D eigenvalue weighted by Crippen LogP contribution is 2.25. The van der Waals surface area contributed by atoms with Crippen LogP contribution in [0.3, 0.4) is 0 Å². The zero-order chi connectivity index (χ0) is 14.8. The molecule has 0 spiro atoms. The first kappa shape index (κ1) is 16.1. The standard InChI is InChI=1S/C10H12O3S.C6H6/c1-7(10(12)13-2)14-9-5-3-8(11)4-6-9;1-2-4-6-5-3-1/h3-7,11H,1-2H3;1-6H. The first-order chi connectivity index (χ1) is 9.63. The Bertz CT molecular complexity index is 470. The summed E-state index contributed by atoms with van der Waals surface area (Å²) in [6.45, 7) is 1.78. The maximum atomic E-state index is 11.1. The second-order valence-electron chi connectivity index (χ2n) is 3.93.